The Kier molecular flexibility index (Phi) is 32.4. The van der Waals surface area contributed by atoms with Gasteiger partial charge >= 0.3 is 76.8 Å². The molecule has 59 heavy (non-hydrogen) atoms. The molecular weight excluding hydrogens is 1500 g/mol. The van der Waals surface area contributed by atoms with Crippen LogP contribution in [0, 0.1) is 11.6 Å². The van der Waals surface area contributed by atoms with E-state index in [0.29, 0.717) is 11.3 Å². The third-order valence-corrected chi connectivity index (χ3v) is 10.0. The molecule has 4 aromatic rings. The van der Waals surface area contributed by atoms with Crippen LogP contribution in [-0.4, -0.2) is 64.9 Å². The third kappa shape index (κ3) is 20.5. The molecular formula is C41H50F2I6N2O6PV. The molecule has 2 aliphatic heterocycles. The Labute approximate surface area is 425 Å². The normalized spacial score (nSPS) is 18.1. The molecule has 6 rings (SSSR count). The van der Waals surface area contributed by atoms with Crippen LogP contribution in [0.3, 0.4) is 0 Å². The Morgan fingerprint density at radius 3 is 1.63 bits per heavy atom. The fourth-order valence-corrected chi connectivity index (χ4v) is 6.94. The number of likely N-dealkylation sites (N-methyl/N-ethyl adjacent to an activating group) is 1. The van der Waals surface area contributed by atoms with Gasteiger partial charge in [-0.1, -0.05) is 99.6 Å². The maximum atomic E-state index is 13.6. The van der Waals surface area contributed by atoms with Crippen molar-refractivity contribution >= 4 is 141 Å². The quantitative estimate of drug-likeness (QED) is 0.0808. The van der Waals surface area contributed by atoms with Crippen LogP contribution in [0.25, 0.3) is 0 Å². The number of phenolic OH excluding ortho intramolecular Hbond substituents is 1. The third-order valence-electron chi connectivity index (χ3n) is 9.31. The van der Waals surface area contributed by atoms with Crippen LogP contribution in [-0.2, 0) is 37.0 Å². The first-order valence-corrected chi connectivity index (χ1v) is 40.5. The molecule has 18 heteroatoms. The van der Waals surface area contributed by atoms with Crippen LogP contribution in [0.1, 0.15) is 66.9 Å². The summed E-state index contributed by atoms with van der Waals surface area (Å²) in [6, 6.07) is 28.3. The molecule has 1 unspecified atom stereocenters. The summed E-state index contributed by atoms with van der Waals surface area (Å²) in [5.41, 5.74) is 3.55. The molecule has 0 spiro atoms. The number of aromatic hydroxyl groups is 1. The van der Waals surface area contributed by atoms with E-state index in [1.165, 1.54) is 26.4 Å². The van der Waals surface area contributed by atoms with E-state index in [1.54, 1.807) is 42.5 Å². The molecule has 2 aliphatic rings. The number of ether oxygens (including phenoxy) is 3. The second-order valence-electron chi connectivity index (χ2n) is 12.6. The molecule has 0 bridgehead atoms. The fraction of sp³-hybridized carbons (Fsp3) is 0.366. The average molecular weight is 1550 g/mol. The molecule has 2 fully saturated rings. The van der Waals surface area contributed by atoms with E-state index in [2.05, 4.69) is 129 Å². The molecule has 0 amide bonds. The summed E-state index contributed by atoms with van der Waals surface area (Å²) in [4.78, 5) is 27.1. The van der Waals surface area contributed by atoms with E-state index in [0.717, 1.165) is 48.8 Å². The Morgan fingerprint density at radius 2 is 1.15 bits per heavy atom. The van der Waals surface area contributed by atoms with E-state index < -0.39 is 0 Å². The van der Waals surface area contributed by atoms with E-state index >= 15 is 0 Å². The number of alkyl halides is 1. The predicted molar refractivity (Wildman–Crippen MR) is 286 cm³/mol. The fourth-order valence-electron chi connectivity index (χ4n) is 6.35. The molecule has 2 heterocycles. The summed E-state index contributed by atoms with van der Waals surface area (Å²) in [7, 11) is 7.41. The zero-order valence-electron chi connectivity index (χ0n) is 33.2. The van der Waals surface area contributed by atoms with Crippen LogP contribution < -0.4 is 4.74 Å². The summed E-state index contributed by atoms with van der Waals surface area (Å²) in [6.07, 6.45) is 4.17. The van der Waals surface area contributed by atoms with Gasteiger partial charge in [-0.05, 0) is 97.2 Å². The van der Waals surface area contributed by atoms with E-state index in [4.69, 9.17) is 14.2 Å². The van der Waals surface area contributed by atoms with Crippen molar-refractivity contribution in [2.75, 3.05) is 26.2 Å². The van der Waals surface area contributed by atoms with Gasteiger partial charge in [0, 0.05) is 54.9 Å². The first kappa shape index (κ1) is 57.6. The number of rotatable bonds is 8. The van der Waals surface area contributed by atoms with E-state index in [9.17, 15) is 23.5 Å². The molecule has 326 valence electrons. The van der Waals surface area contributed by atoms with Crippen LogP contribution in [0.15, 0.2) is 97.1 Å². The van der Waals surface area contributed by atoms with Crippen molar-refractivity contribution in [2.24, 2.45) is 0 Å². The number of phenols is 1. The number of carbonyl (C=O) groups excluding carboxylic acids is 2. The second-order valence-corrected chi connectivity index (χ2v) is 48.5. The topological polar surface area (TPSA) is 88.5 Å². The molecule has 0 aromatic heterocycles. The van der Waals surface area contributed by atoms with Gasteiger partial charge in [0.05, 0.1) is 14.2 Å². The Morgan fingerprint density at radius 1 is 0.729 bits per heavy atom. The van der Waals surface area contributed by atoms with Gasteiger partial charge in [-0.15, -0.1) is 0 Å². The minimum atomic E-state index is -0.278. The second kappa shape index (κ2) is 33.1. The van der Waals surface area contributed by atoms with Crippen molar-refractivity contribution in [2.45, 2.75) is 69.8 Å². The summed E-state index contributed by atoms with van der Waals surface area (Å²) in [5.74, 6) is 0.206. The van der Waals surface area contributed by atoms with Gasteiger partial charge in [0.1, 0.15) is 41.8 Å². The predicted octanol–water partition coefficient (Wildman–Crippen LogP) is 13.4. The van der Waals surface area contributed by atoms with Crippen LogP contribution >= 0.6 is 129 Å². The standard InChI is InChI=1S/C19H21FNO3P.C13H17NO3.C8H9F.CH3I.I2.3HI.V/c1-23-19(22)18-11-10-17(21(18)25)13-6-8-15(9-7-13)24-12-14-4-2-3-5-16(14)20;1-14-11(7-8-12(14)13(16)17-2)9-3-5-10(15)6-4-9;1-2-7-5-3-4-6-8(7)9;2*1-2;;;;/h2-9,17-18H,10-12,25H2,1H3;3-6,11-12,15H,7-8H2,1-2H3;3-6H,2H2,1H3;1H3;;3*1H;/q;;;;;;;;+3/p-3/t17-,18+;11-,12+;;;;;;;/m11......./s1. The van der Waals surface area contributed by atoms with Crippen molar-refractivity contribution in [1.82, 2.24) is 9.57 Å². The van der Waals surface area contributed by atoms with E-state index in [1.807, 2.05) is 70.9 Å². The zero-order valence-corrected chi connectivity index (χ0v) is 48.7. The first-order chi connectivity index (χ1) is 28.3. The molecule has 2 saturated heterocycles. The number of hydrogen-bond acceptors (Lipinski definition) is 8. The number of aryl methyl sites for hydroxylation is 1. The number of likely N-dealkylation sites (tertiary alicyclic amines) is 1. The molecule has 1 N–H and O–H groups in total. The number of hydrogen-bond donors (Lipinski definition) is 1. The van der Waals surface area contributed by atoms with Gasteiger partial charge < -0.3 is 19.3 Å². The zero-order chi connectivity index (χ0) is 44.5. The molecule has 8 nitrogen and oxygen atoms in total. The molecule has 5 atom stereocenters. The van der Waals surface area contributed by atoms with E-state index in [-0.39, 0.29) is 65.0 Å². The number of methoxy groups -OCH3 is 2. The van der Waals surface area contributed by atoms with Gasteiger partial charge in [-0.3, -0.25) is 19.2 Å². The van der Waals surface area contributed by atoms with Gasteiger partial charge in [0.15, 0.2) is 0 Å². The number of halogens is 8. The van der Waals surface area contributed by atoms with Crippen LogP contribution in [0.4, 0.5) is 8.78 Å². The first-order valence-electron chi connectivity index (χ1n) is 18.0. The maximum absolute atomic E-state index is 13.6. The Bertz CT molecular complexity index is 1790. The summed E-state index contributed by atoms with van der Waals surface area (Å²) < 4.78 is 43.5. The summed E-state index contributed by atoms with van der Waals surface area (Å²) in [6.45, 7) is 2.13. The van der Waals surface area contributed by atoms with Gasteiger partial charge in [-0.2, -0.15) is 0 Å². The number of benzene rings is 4. The summed E-state index contributed by atoms with van der Waals surface area (Å²) in [5, 5.41) is 9.26. The van der Waals surface area contributed by atoms with Crippen molar-refractivity contribution < 1.29 is 42.6 Å². The Balaban J connectivity index is 0.000000440. The number of nitrogens with zero attached hydrogens (tertiary/aromatic N) is 2. The monoisotopic (exact) mass is 1550 g/mol. The molecule has 0 radical (unpaired) electrons. The van der Waals surface area contributed by atoms with Crippen LogP contribution in [0.5, 0.6) is 11.5 Å². The Hall–Kier alpha value is 0.594. The SMILES string of the molecule is CCc1ccccc1F.CI.COC(=O)[C@@H]1CC[C@H](c2ccc(O)cc2)N1C.COC(=O)[C@@H]1CC[C@H](c2ccc(OCc3ccccc3F)cc2)N1P.II.[I][V]([I])[I]. The van der Waals surface area contributed by atoms with Gasteiger partial charge in [0.25, 0.3) is 0 Å². The van der Waals surface area contributed by atoms with Gasteiger partial charge in [0.2, 0.25) is 0 Å². The van der Waals surface area contributed by atoms with Crippen molar-refractivity contribution in [3.05, 3.63) is 131 Å². The molecule has 4 aromatic carbocycles. The number of esters is 2. The molecule has 0 aliphatic carbocycles. The number of carbonyl (C=O) groups is 2. The minimum absolute atomic E-state index is 0.0972. The summed E-state index contributed by atoms with van der Waals surface area (Å²) >= 11 is 13.8. The van der Waals surface area contributed by atoms with Gasteiger partial charge in [-0.25, -0.2) is 8.78 Å². The molecule has 0 saturated carbocycles. The van der Waals surface area contributed by atoms with Crippen LogP contribution in [0.2, 0.25) is 0 Å². The van der Waals surface area contributed by atoms with Crippen molar-refractivity contribution in [3.63, 3.8) is 0 Å². The van der Waals surface area contributed by atoms with Crippen molar-refractivity contribution in [1.29, 1.82) is 0 Å². The average Bonchev–Trinajstić information content (AvgIpc) is 3.84. The van der Waals surface area contributed by atoms with Crippen molar-refractivity contribution in [3.8, 4) is 11.5 Å².